The van der Waals surface area contributed by atoms with Crippen molar-refractivity contribution in [3.05, 3.63) is 29.8 Å². The summed E-state index contributed by atoms with van der Waals surface area (Å²) in [5.41, 5.74) is 7.97. The predicted molar refractivity (Wildman–Crippen MR) is 107 cm³/mol. The Labute approximate surface area is 156 Å². The Balaban J connectivity index is 0.00000264. The smallest absolute Gasteiger partial charge is 0.193 e. The minimum absolute atomic E-state index is 0. The van der Waals surface area contributed by atoms with Crippen molar-refractivity contribution in [3.63, 3.8) is 0 Å². The molecule has 1 aliphatic heterocycles. The molecule has 130 valence electrons. The van der Waals surface area contributed by atoms with Gasteiger partial charge in [0.2, 0.25) is 0 Å². The maximum absolute atomic E-state index is 11.9. The SMILES string of the molecule is CC(C)c1cccc(NC(N)=NCC2CCCCS2(=O)=O)c1.I. The van der Waals surface area contributed by atoms with Gasteiger partial charge < -0.3 is 11.1 Å². The second-order valence-electron chi connectivity index (χ2n) is 6.12. The van der Waals surface area contributed by atoms with E-state index in [9.17, 15) is 8.42 Å². The van der Waals surface area contributed by atoms with E-state index >= 15 is 0 Å². The average Bonchev–Trinajstić information content (AvgIpc) is 2.46. The van der Waals surface area contributed by atoms with Gasteiger partial charge in [-0.25, -0.2) is 8.42 Å². The molecule has 1 atom stereocenters. The van der Waals surface area contributed by atoms with Crippen molar-refractivity contribution in [1.82, 2.24) is 0 Å². The molecule has 23 heavy (non-hydrogen) atoms. The number of anilines is 1. The first kappa shape index (κ1) is 20.2. The van der Waals surface area contributed by atoms with Crippen LogP contribution < -0.4 is 11.1 Å². The van der Waals surface area contributed by atoms with E-state index in [2.05, 4.69) is 30.2 Å². The molecule has 7 heteroatoms. The van der Waals surface area contributed by atoms with Gasteiger partial charge in [-0.2, -0.15) is 0 Å². The van der Waals surface area contributed by atoms with Gasteiger partial charge in [-0.15, -0.1) is 24.0 Å². The molecule has 1 saturated heterocycles. The standard InChI is InChI=1S/C16H25N3O2S.HI/c1-12(2)13-6-5-7-14(10-13)19-16(17)18-11-15-8-3-4-9-22(15,20)21;/h5-7,10,12,15H,3-4,8-9,11H2,1-2H3,(H3,17,18,19);1H. The summed E-state index contributed by atoms with van der Waals surface area (Å²) in [6.45, 7) is 4.50. The summed E-state index contributed by atoms with van der Waals surface area (Å²) in [7, 11) is -3.00. The molecule has 0 bridgehead atoms. The van der Waals surface area contributed by atoms with E-state index in [0.29, 0.717) is 12.3 Å². The lowest BCUT2D eigenvalue weighted by Gasteiger charge is -2.20. The van der Waals surface area contributed by atoms with Crippen LogP contribution in [0.3, 0.4) is 0 Å². The Morgan fingerprint density at radius 1 is 1.39 bits per heavy atom. The van der Waals surface area contributed by atoms with Crippen LogP contribution in [0.2, 0.25) is 0 Å². The lowest BCUT2D eigenvalue weighted by molar-refractivity contribution is 0.541. The van der Waals surface area contributed by atoms with Crippen LogP contribution in [0.1, 0.15) is 44.6 Å². The fourth-order valence-electron chi connectivity index (χ4n) is 2.59. The first-order chi connectivity index (χ1) is 10.4. The summed E-state index contributed by atoms with van der Waals surface area (Å²) in [6, 6.07) is 7.99. The first-order valence-corrected chi connectivity index (χ1v) is 9.48. The molecule has 2 rings (SSSR count). The molecule has 1 aromatic carbocycles. The van der Waals surface area contributed by atoms with Crippen LogP contribution in [0.4, 0.5) is 5.69 Å². The monoisotopic (exact) mass is 451 g/mol. The molecular formula is C16H26IN3O2S. The van der Waals surface area contributed by atoms with Crippen LogP contribution >= 0.6 is 24.0 Å². The zero-order chi connectivity index (χ0) is 16.2. The molecule has 1 aromatic rings. The summed E-state index contributed by atoms with van der Waals surface area (Å²) < 4.78 is 23.9. The van der Waals surface area contributed by atoms with E-state index in [1.54, 1.807) is 0 Å². The first-order valence-electron chi connectivity index (χ1n) is 7.77. The van der Waals surface area contributed by atoms with Crippen LogP contribution in [0.25, 0.3) is 0 Å². The van der Waals surface area contributed by atoms with Crippen molar-refractivity contribution in [2.75, 3.05) is 17.6 Å². The number of rotatable bonds is 4. The highest BCUT2D eigenvalue weighted by Crippen LogP contribution is 2.20. The van der Waals surface area contributed by atoms with Gasteiger partial charge in [0.1, 0.15) is 0 Å². The number of nitrogens with one attached hydrogen (secondary N) is 1. The molecule has 1 fully saturated rings. The Kier molecular flexibility index (Phi) is 7.79. The zero-order valence-electron chi connectivity index (χ0n) is 13.7. The lowest BCUT2D eigenvalue weighted by Crippen LogP contribution is -2.32. The van der Waals surface area contributed by atoms with Gasteiger partial charge in [-0.05, 0) is 36.5 Å². The molecule has 0 radical (unpaired) electrons. The summed E-state index contributed by atoms with van der Waals surface area (Å²) in [4.78, 5) is 4.22. The highest BCUT2D eigenvalue weighted by molar-refractivity contribution is 14.0. The number of nitrogens with two attached hydrogens (primary N) is 1. The lowest BCUT2D eigenvalue weighted by atomic mass is 10.0. The Morgan fingerprint density at radius 2 is 2.13 bits per heavy atom. The van der Waals surface area contributed by atoms with Gasteiger partial charge in [0.05, 0.1) is 17.5 Å². The van der Waals surface area contributed by atoms with E-state index in [4.69, 9.17) is 5.73 Å². The number of hydrogen-bond acceptors (Lipinski definition) is 3. The van der Waals surface area contributed by atoms with Crippen molar-refractivity contribution < 1.29 is 8.42 Å². The number of benzene rings is 1. The average molecular weight is 451 g/mol. The van der Waals surface area contributed by atoms with Crippen LogP contribution in [0, 0.1) is 0 Å². The van der Waals surface area contributed by atoms with E-state index in [1.165, 1.54) is 5.56 Å². The van der Waals surface area contributed by atoms with E-state index < -0.39 is 9.84 Å². The number of sulfone groups is 1. The van der Waals surface area contributed by atoms with E-state index in [1.807, 2.05) is 18.2 Å². The summed E-state index contributed by atoms with van der Waals surface area (Å²) in [5, 5.41) is 2.65. The third kappa shape index (κ3) is 5.95. The molecule has 1 aliphatic rings. The fraction of sp³-hybridized carbons (Fsp3) is 0.562. The van der Waals surface area contributed by atoms with Crippen molar-refractivity contribution in [2.45, 2.75) is 44.3 Å². The highest BCUT2D eigenvalue weighted by atomic mass is 127. The van der Waals surface area contributed by atoms with Gasteiger partial charge in [0.25, 0.3) is 0 Å². The maximum atomic E-state index is 11.9. The van der Waals surface area contributed by atoms with Gasteiger partial charge in [0.15, 0.2) is 15.8 Å². The highest BCUT2D eigenvalue weighted by Gasteiger charge is 2.28. The summed E-state index contributed by atoms with van der Waals surface area (Å²) in [6.07, 6.45) is 2.39. The van der Waals surface area contributed by atoms with Crippen molar-refractivity contribution in [2.24, 2.45) is 10.7 Å². The quantitative estimate of drug-likeness (QED) is 0.419. The van der Waals surface area contributed by atoms with Gasteiger partial charge in [0, 0.05) is 5.69 Å². The molecule has 1 heterocycles. The van der Waals surface area contributed by atoms with Crippen LogP contribution in [-0.4, -0.2) is 31.9 Å². The van der Waals surface area contributed by atoms with E-state index in [-0.39, 0.29) is 47.5 Å². The second kappa shape index (κ2) is 8.86. The Hall–Kier alpha value is -0.830. The van der Waals surface area contributed by atoms with Crippen LogP contribution in [-0.2, 0) is 9.84 Å². The molecule has 0 saturated carbocycles. The minimum atomic E-state index is -3.00. The zero-order valence-corrected chi connectivity index (χ0v) is 16.8. The second-order valence-corrected chi connectivity index (χ2v) is 8.52. The summed E-state index contributed by atoms with van der Waals surface area (Å²) >= 11 is 0. The molecule has 0 aliphatic carbocycles. The Bertz CT molecular complexity index is 644. The molecule has 0 spiro atoms. The maximum Gasteiger partial charge on any atom is 0.193 e. The topological polar surface area (TPSA) is 84.5 Å². The number of nitrogens with zero attached hydrogens (tertiary/aromatic N) is 1. The minimum Gasteiger partial charge on any atom is -0.370 e. The van der Waals surface area contributed by atoms with Crippen LogP contribution in [0.5, 0.6) is 0 Å². The van der Waals surface area contributed by atoms with Crippen molar-refractivity contribution in [1.29, 1.82) is 0 Å². The molecule has 0 amide bonds. The molecule has 5 nitrogen and oxygen atoms in total. The molecule has 0 aromatic heterocycles. The van der Waals surface area contributed by atoms with Gasteiger partial charge >= 0.3 is 0 Å². The molecular weight excluding hydrogens is 425 g/mol. The normalized spacial score (nSPS) is 20.8. The van der Waals surface area contributed by atoms with E-state index in [0.717, 1.165) is 18.5 Å². The summed E-state index contributed by atoms with van der Waals surface area (Å²) in [5.74, 6) is 0.978. The predicted octanol–water partition coefficient (Wildman–Crippen LogP) is 3.12. The molecule has 1 unspecified atom stereocenters. The number of halogens is 1. The van der Waals surface area contributed by atoms with Crippen LogP contribution in [0.15, 0.2) is 29.3 Å². The number of hydrogen-bond donors (Lipinski definition) is 2. The number of aliphatic imine (C=N–C) groups is 1. The molecule has 3 N–H and O–H groups in total. The largest absolute Gasteiger partial charge is 0.370 e. The third-order valence-corrected chi connectivity index (χ3v) is 6.26. The van der Waals surface area contributed by atoms with Gasteiger partial charge in [-0.3, -0.25) is 4.99 Å². The fourth-order valence-corrected chi connectivity index (χ4v) is 4.36. The number of guanidine groups is 1. The Morgan fingerprint density at radius 3 is 2.78 bits per heavy atom. The third-order valence-electron chi connectivity index (χ3n) is 4.00. The van der Waals surface area contributed by atoms with Gasteiger partial charge in [-0.1, -0.05) is 32.4 Å². The van der Waals surface area contributed by atoms with Crippen molar-refractivity contribution in [3.8, 4) is 0 Å². The van der Waals surface area contributed by atoms with Crippen molar-refractivity contribution >= 4 is 45.5 Å².